The second-order valence-electron chi connectivity index (χ2n) is 7.41. The fraction of sp³-hybridized carbons (Fsp3) is 0.208. The van der Waals surface area contributed by atoms with Crippen molar-refractivity contribution in [1.82, 2.24) is 4.57 Å². The Bertz CT molecular complexity index is 1310. The quantitative estimate of drug-likeness (QED) is 0.663. The number of aryl methyl sites for hydroxylation is 1. The minimum absolute atomic E-state index is 0.0194. The van der Waals surface area contributed by atoms with E-state index < -0.39 is 5.92 Å². The molecule has 0 aliphatic carbocycles. The number of nitrogens with two attached hydrogens (primary N) is 1. The fourth-order valence-corrected chi connectivity index (χ4v) is 3.96. The Balaban J connectivity index is 1.93. The van der Waals surface area contributed by atoms with Gasteiger partial charge in [-0.1, -0.05) is 6.07 Å². The van der Waals surface area contributed by atoms with Crippen molar-refractivity contribution >= 4 is 0 Å². The van der Waals surface area contributed by atoms with Gasteiger partial charge in [0.05, 0.1) is 32.2 Å². The zero-order valence-electron chi connectivity index (χ0n) is 18.0. The summed E-state index contributed by atoms with van der Waals surface area (Å²) < 4.78 is 18.1. The van der Waals surface area contributed by atoms with Crippen LogP contribution in [0.15, 0.2) is 65.0 Å². The van der Waals surface area contributed by atoms with Crippen LogP contribution in [0.5, 0.6) is 17.2 Å². The van der Waals surface area contributed by atoms with Crippen LogP contribution >= 0.6 is 0 Å². The standard InChI is InChI=1S/C24H22N4O4/c1-14-9-20-22(24(29)28(14)13-15-5-4-8-27-12-15)21(17(11-25)23(26)32-20)16-6-7-18(30-2)19(10-16)31-3/h4-10,12,21H,13,26H2,1-3H3/p+1. The summed E-state index contributed by atoms with van der Waals surface area (Å²) in [4.78, 5) is 16.7. The number of fused-ring (bicyclic) bond motifs is 1. The number of nitrogens with one attached hydrogen (secondary N) is 1. The van der Waals surface area contributed by atoms with E-state index in [0.29, 0.717) is 34.9 Å². The van der Waals surface area contributed by atoms with Crippen molar-refractivity contribution in [2.45, 2.75) is 19.4 Å². The van der Waals surface area contributed by atoms with Gasteiger partial charge in [-0.25, -0.2) is 4.98 Å². The Hall–Kier alpha value is -4.25. The molecule has 162 valence electrons. The molecule has 32 heavy (non-hydrogen) atoms. The Labute approximate surface area is 185 Å². The van der Waals surface area contributed by atoms with Crippen LogP contribution in [0.3, 0.4) is 0 Å². The van der Waals surface area contributed by atoms with Gasteiger partial charge in [0.15, 0.2) is 23.9 Å². The van der Waals surface area contributed by atoms with Gasteiger partial charge in [-0.2, -0.15) is 5.26 Å². The van der Waals surface area contributed by atoms with Crippen molar-refractivity contribution in [3.05, 3.63) is 93.0 Å². The smallest absolute Gasteiger partial charge is 0.259 e. The van der Waals surface area contributed by atoms with Gasteiger partial charge in [-0.05, 0) is 30.7 Å². The molecule has 3 heterocycles. The second-order valence-corrected chi connectivity index (χ2v) is 7.41. The molecular weight excluding hydrogens is 408 g/mol. The molecule has 2 aromatic heterocycles. The summed E-state index contributed by atoms with van der Waals surface area (Å²) in [6, 6.07) is 13.0. The fourth-order valence-electron chi connectivity index (χ4n) is 3.96. The number of rotatable bonds is 5. The van der Waals surface area contributed by atoms with Crippen molar-refractivity contribution in [3.63, 3.8) is 0 Å². The lowest BCUT2D eigenvalue weighted by Gasteiger charge is -2.27. The molecule has 4 rings (SSSR count). The summed E-state index contributed by atoms with van der Waals surface area (Å²) in [5.74, 6) is 0.653. The first-order valence-electron chi connectivity index (χ1n) is 9.97. The third-order valence-corrected chi connectivity index (χ3v) is 5.54. The van der Waals surface area contributed by atoms with E-state index in [4.69, 9.17) is 19.9 Å². The van der Waals surface area contributed by atoms with Crippen LogP contribution in [0.25, 0.3) is 0 Å². The average molecular weight is 431 g/mol. The van der Waals surface area contributed by atoms with Crippen LogP contribution < -0.4 is 30.5 Å². The van der Waals surface area contributed by atoms with Gasteiger partial charge in [-0.15, -0.1) is 0 Å². The molecule has 0 bridgehead atoms. The van der Waals surface area contributed by atoms with E-state index in [2.05, 4.69) is 11.1 Å². The minimum atomic E-state index is -0.703. The Morgan fingerprint density at radius 3 is 2.66 bits per heavy atom. The molecule has 0 radical (unpaired) electrons. The van der Waals surface area contributed by atoms with Crippen LogP contribution in [0.4, 0.5) is 0 Å². The number of nitriles is 1. The molecule has 1 aliphatic rings. The lowest BCUT2D eigenvalue weighted by atomic mass is 9.84. The summed E-state index contributed by atoms with van der Waals surface area (Å²) >= 11 is 0. The highest BCUT2D eigenvalue weighted by molar-refractivity contribution is 5.57. The van der Waals surface area contributed by atoms with Gasteiger partial charge in [0, 0.05) is 23.4 Å². The van der Waals surface area contributed by atoms with Crippen molar-refractivity contribution in [3.8, 4) is 23.3 Å². The highest BCUT2D eigenvalue weighted by Crippen LogP contribution is 2.42. The topological polar surface area (TPSA) is 114 Å². The molecule has 0 saturated heterocycles. The molecule has 0 amide bonds. The summed E-state index contributed by atoms with van der Waals surface area (Å²) in [6.45, 7) is 2.21. The minimum Gasteiger partial charge on any atom is -0.493 e. The van der Waals surface area contributed by atoms with E-state index in [0.717, 1.165) is 11.3 Å². The van der Waals surface area contributed by atoms with Gasteiger partial charge < -0.3 is 24.5 Å². The molecule has 0 spiro atoms. The molecule has 0 saturated carbocycles. The number of H-pyrrole nitrogens is 1. The van der Waals surface area contributed by atoms with E-state index in [1.807, 2.05) is 25.3 Å². The molecule has 8 heteroatoms. The highest BCUT2D eigenvalue weighted by Gasteiger charge is 2.35. The van der Waals surface area contributed by atoms with Gasteiger partial charge in [0.2, 0.25) is 5.88 Å². The van der Waals surface area contributed by atoms with Crippen molar-refractivity contribution in [1.29, 1.82) is 5.26 Å². The van der Waals surface area contributed by atoms with Gasteiger partial charge in [0.1, 0.15) is 17.4 Å². The van der Waals surface area contributed by atoms with Crippen LogP contribution in [-0.2, 0) is 6.54 Å². The number of hydrogen-bond donors (Lipinski definition) is 1. The molecule has 3 aromatic rings. The number of methoxy groups -OCH3 is 2. The zero-order valence-corrected chi connectivity index (χ0v) is 18.0. The zero-order chi connectivity index (χ0) is 22.8. The molecular formula is C24H23N4O4+. The lowest BCUT2D eigenvalue weighted by molar-refractivity contribution is -0.378. The molecule has 1 aromatic carbocycles. The number of ether oxygens (including phenoxy) is 3. The third-order valence-electron chi connectivity index (χ3n) is 5.54. The maximum atomic E-state index is 13.7. The first-order valence-corrected chi connectivity index (χ1v) is 9.97. The SMILES string of the molecule is COc1ccc(C2C(C#N)=C(N)Oc3cc(C)n(Cc4ccc[nH+]c4)c(=O)c32)cc1OC. The van der Waals surface area contributed by atoms with Gasteiger partial charge >= 0.3 is 0 Å². The normalized spacial score (nSPS) is 14.9. The largest absolute Gasteiger partial charge is 0.493 e. The summed E-state index contributed by atoms with van der Waals surface area (Å²) in [7, 11) is 3.07. The van der Waals surface area contributed by atoms with Crippen molar-refractivity contribution < 1.29 is 19.2 Å². The van der Waals surface area contributed by atoms with Gasteiger partial charge in [0.25, 0.3) is 5.56 Å². The summed E-state index contributed by atoms with van der Waals surface area (Å²) in [5, 5.41) is 9.86. The van der Waals surface area contributed by atoms with E-state index in [-0.39, 0.29) is 17.0 Å². The summed E-state index contributed by atoms with van der Waals surface area (Å²) in [5.41, 5.74) is 8.70. The molecule has 1 atom stereocenters. The van der Waals surface area contributed by atoms with E-state index >= 15 is 0 Å². The predicted molar refractivity (Wildman–Crippen MR) is 116 cm³/mol. The lowest BCUT2D eigenvalue weighted by Crippen LogP contribution is -2.33. The number of aromatic nitrogens is 2. The highest BCUT2D eigenvalue weighted by atomic mass is 16.5. The molecule has 1 unspecified atom stereocenters. The maximum Gasteiger partial charge on any atom is 0.259 e. The van der Waals surface area contributed by atoms with Crippen LogP contribution in [0.1, 0.15) is 28.3 Å². The maximum absolute atomic E-state index is 13.7. The second kappa shape index (κ2) is 8.47. The predicted octanol–water partition coefficient (Wildman–Crippen LogP) is 2.25. The first-order chi connectivity index (χ1) is 15.5. The van der Waals surface area contributed by atoms with E-state index in [1.54, 1.807) is 42.1 Å². The number of nitrogens with zero attached hydrogens (tertiary/aromatic N) is 2. The van der Waals surface area contributed by atoms with E-state index in [9.17, 15) is 10.1 Å². The van der Waals surface area contributed by atoms with Crippen LogP contribution in [0, 0.1) is 18.3 Å². The number of pyridine rings is 2. The number of benzene rings is 1. The average Bonchev–Trinajstić information content (AvgIpc) is 2.81. The molecule has 0 fully saturated rings. The van der Waals surface area contributed by atoms with Crippen molar-refractivity contribution in [2.24, 2.45) is 5.73 Å². The monoisotopic (exact) mass is 431 g/mol. The van der Waals surface area contributed by atoms with Crippen LogP contribution in [-0.4, -0.2) is 18.8 Å². The number of hydrogen-bond acceptors (Lipinski definition) is 6. The third kappa shape index (κ3) is 3.54. The van der Waals surface area contributed by atoms with Crippen LogP contribution in [0.2, 0.25) is 0 Å². The van der Waals surface area contributed by atoms with Gasteiger partial charge in [-0.3, -0.25) is 4.79 Å². The Morgan fingerprint density at radius 2 is 2.00 bits per heavy atom. The number of allylic oxidation sites excluding steroid dienone is 1. The van der Waals surface area contributed by atoms with Crippen molar-refractivity contribution in [2.75, 3.05) is 14.2 Å². The van der Waals surface area contributed by atoms with E-state index in [1.165, 1.54) is 7.11 Å². The molecule has 8 nitrogen and oxygen atoms in total. The first kappa shape index (κ1) is 21.0. The summed E-state index contributed by atoms with van der Waals surface area (Å²) in [6.07, 6.45) is 3.64. The Morgan fingerprint density at radius 1 is 1.22 bits per heavy atom. The molecule has 1 aliphatic heterocycles. The number of aromatic amines is 1. The molecule has 3 N–H and O–H groups in total. The Kier molecular flexibility index (Phi) is 5.56.